The first kappa shape index (κ1) is 17.6. The molecule has 4 rings (SSSR count). The predicted octanol–water partition coefficient (Wildman–Crippen LogP) is 5.61. The molecule has 0 atom stereocenters. The molecule has 2 N–H and O–H groups in total. The van der Waals surface area contributed by atoms with E-state index in [9.17, 15) is 0 Å². The number of nitrogen functional groups attached to an aromatic ring is 1. The van der Waals surface area contributed by atoms with E-state index < -0.39 is 0 Å². The van der Waals surface area contributed by atoms with Crippen molar-refractivity contribution in [2.45, 2.75) is 15.8 Å². The standard InChI is InChI=1S/C21H18N4S2/c22-17-10-4-5-11-18(17)25(15-16-8-2-1-3-9-16)21-24-14-20(27-21)26-19-12-6-7-13-23-19/h1-14H,15,22H2. The molecule has 0 amide bonds. The summed E-state index contributed by atoms with van der Waals surface area (Å²) in [5.41, 5.74) is 9.17. The van der Waals surface area contributed by atoms with Gasteiger partial charge in [0.2, 0.25) is 0 Å². The maximum absolute atomic E-state index is 6.26. The van der Waals surface area contributed by atoms with Crippen LogP contribution in [0.2, 0.25) is 0 Å². The van der Waals surface area contributed by atoms with Crippen LogP contribution in [0, 0.1) is 0 Å². The van der Waals surface area contributed by atoms with E-state index in [4.69, 9.17) is 5.73 Å². The average molecular weight is 391 g/mol. The van der Waals surface area contributed by atoms with Gasteiger partial charge >= 0.3 is 0 Å². The van der Waals surface area contributed by atoms with Gasteiger partial charge in [0.25, 0.3) is 0 Å². The maximum atomic E-state index is 6.26. The minimum atomic E-state index is 0.705. The van der Waals surface area contributed by atoms with Crippen molar-refractivity contribution in [3.05, 3.63) is 90.8 Å². The third kappa shape index (κ3) is 4.30. The fraction of sp³-hybridized carbons (Fsp3) is 0.0476. The zero-order valence-electron chi connectivity index (χ0n) is 14.5. The Kier molecular flexibility index (Phi) is 5.37. The lowest BCUT2D eigenvalue weighted by Crippen LogP contribution is -2.17. The summed E-state index contributed by atoms with van der Waals surface area (Å²) in [6.45, 7) is 0.705. The van der Waals surface area contributed by atoms with Crippen LogP contribution in [0.15, 0.2) is 94.4 Å². The largest absolute Gasteiger partial charge is 0.397 e. The Balaban J connectivity index is 1.65. The van der Waals surface area contributed by atoms with Crippen molar-refractivity contribution in [1.29, 1.82) is 0 Å². The van der Waals surface area contributed by atoms with Crippen LogP contribution in [-0.4, -0.2) is 9.97 Å². The summed E-state index contributed by atoms with van der Waals surface area (Å²) in [7, 11) is 0. The lowest BCUT2D eigenvalue weighted by atomic mass is 10.2. The van der Waals surface area contributed by atoms with Crippen LogP contribution in [0.5, 0.6) is 0 Å². The van der Waals surface area contributed by atoms with Crippen LogP contribution in [0.3, 0.4) is 0 Å². The monoisotopic (exact) mass is 390 g/mol. The van der Waals surface area contributed by atoms with Crippen LogP contribution in [0.1, 0.15) is 5.56 Å². The van der Waals surface area contributed by atoms with Crippen molar-refractivity contribution in [3.63, 3.8) is 0 Å². The highest BCUT2D eigenvalue weighted by molar-refractivity contribution is 8.01. The first-order valence-corrected chi connectivity index (χ1v) is 10.1. The fourth-order valence-electron chi connectivity index (χ4n) is 2.69. The molecule has 0 bridgehead atoms. The van der Waals surface area contributed by atoms with Gasteiger partial charge in [-0.3, -0.25) is 0 Å². The van der Waals surface area contributed by atoms with Crippen LogP contribution in [0.25, 0.3) is 0 Å². The molecule has 4 aromatic rings. The van der Waals surface area contributed by atoms with Crippen LogP contribution in [0.4, 0.5) is 16.5 Å². The summed E-state index contributed by atoms with van der Waals surface area (Å²) in [6, 6.07) is 24.2. The molecule has 0 radical (unpaired) electrons. The highest BCUT2D eigenvalue weighted by Crippen LogP contribution is 2.39. The zero-order chi connectivity index (χ0) is 18.5. The van der Waals surface area contributed by atoms with E-state index in [1.54, 1.807) is 29.3 Å². The Morgan fingerprint density at radius 1 is 0.889 bits per heavy atom. The third-order valence-corrected chi connectivity index (χ3v) is 6.03. The molecule has 0 saturated carbocycles. The first-order chi connectivity index (χ1) is 13.3. The molecule has 2 aromatic carbocycles. The summed E-state index contributed by atoms with van der Waals surface area (Å²) >= 11 is 3.26. The number of thiazole rings is 1. The lowest BCUT2D eigenvalue weighted by Gasteiger charge is -2.23. The van der Waals surface area contributed by atoms with Gasteiger partial charge in [0.1, 0.15) is 5.03 Å². The number of hydrogen-bond acceptors (Lipinski definition) is 6. The quantitative estimate of drug-likeness (QED) is 0.434. The number of aromatic nitrogens is 2. The molecule has 0 unspecified atom stereocenters. The topological polar surface area (TPSA) is 55.0 Å². The second-order valence-electron chi connectivity index (χ2n) is 5.86. The third-order valence-electron chi connectivity index (χ3n) is 3.96. The number of hydrogen-bond donors (Lipinski definition) is 1. The molecule has 134 valence electrons. The van der Waals surface area contributed by atoms with E-state index in [-0.39, 0.29) is 0 Å². The van der Waals surface area contributed by atoms with Crippen molar-refractivity contribution in [3.8, 4) is 0 Å². The molecule has 0 aliphatic rings. The molecule has 0 fully saturated rings. The van der Waals surface area contributed by atoms with E-state index in [2.05, 4.69) is 27.0 Å². The molecule has 0 saturated heterocycles. The number of nitrogens with zero attached hydrogens (tertiary/aromatic N) is 3. The number of anilines is 3. The van der Waals surface area contributed by atoms with Crippen LogP contribution >= 0.6 is 23.1 Å². The van der Waals surface area contributed by atoms with E-state index in [1.807, 2.05) is 66.9 Å². The van der Waals surface area contributed by atoms with Gasteiger partial charge in [-0.05, 0) is 29.8 Å². The molecule has 0 aliphatic heterocycles. The van der Waals surface area contributed by atoms with E-state index >= 15 is 0 Å². The van der Waals surface area contributed by atoms with Crippen LogP contribution in [-0.2, 0) is 6.54 Å². The van der Waals surface area contributed by atoms with Crippen molar-refractivity contribution in [2.75, 3.05) is 10.6 Å². The smallest absolute Gasteiger partial charge is 0.191 e. The summed E-state index contributed by atoms with van der Waals surface area (Å²) in [4.78, 5) is 11.2. The number of para-hydroxylation sites is 2. The molecular weight excluding hydrogens is 372 g/mol. The average Bonchev–Trinajstić information content (AvgIpc) is 3.17. The second-order valence-corrected chi connectivity index (χ2v) is 8.19. The SMILES string of the molecule is Nc1ccccc1N(Cc1ccccc1)c1ncc(Sc2ccccn2)s1. The summed E-state index contributed by atoms with van der Waals surface area (Å²) in [5.74, 6) is 0. The lowest BCUT2D eigenvalue weighted by molar-refractivity contribution is 0.967. The predicted molar refractivity (Wildman–Crippen MR) is 114 cm³/mol. The van der Waals surface area contributed by atoms with E-state index in [0.717, 1.165) is 25.7 Å². The second kappa shape index (κ2) is 8.24. The highest BCUT2D eigenvalue weighted by atomic mass is 32.2. The molecule has 2 heterocycles. The maximum Gasteiger partial charge on any atom is 0.191 e. The van der Waals surface area contributed by atoms with Crippen molar-refractivity contribution >= 4 is 39.6 Å². The first-order valence-electron chi connectivity index (χ1n) is 8.50. The zero-order valence-corrected chi connectivity index (χ0v) is 16.2. The summed E-state index contributed by atoms with van der Waals surface area (Å²) < 4.78 is 1.09. The van der Waals surface area contributed by atoms with Gasteiger partial charge in [0.15, 0.2) is 5.13 Å². The molecule has 0 spiro atoms. The Bertz CT molecular complexity index is 1000. The summed E-state index contributed by atoms with van der Waals surface area (Å²) in [5, 5.41) is 1.87. The number of benzene rings is 2. The summed E-state index contributed by atoms with van der Waals surface area (Å²) in [6.07, 6.45) is 3.70. The highest BCUT2D eigenvalue weighted by Gasteiger charge is 2.17. The van der Waals surface area contributed by atoms with Gasteiger partial charge in [-0.15, -0.1) is 0 Å². The Labute approximate surface area is 166 Å². The normalized spacial score (nSPS) is 10.7. The molecule has 27 heavy (non-hydrogen) atoms. The van der Waals surface area contributed by atoms with E-state index in [1.165, 1.54) is 5.56 Å². The van der Waals surface area contributed by atoms with Gasteiger partial charge in [0, 0.05) is 6.20 Å². The molecule has 0 aliphatic carbocycles. The van der Waals surface area contributed by atoms with E-state index in [0.29, 0.717) is 6.54 Å². The minimum Gasteiger partial charge on any atom is -0.397 e. The molecular formula is C21H18N4S2. The number of pyridine rings is 1. The van der Waals surface area contributed by atoms with Gasteiger partial charge < -0.3 is 10.6 Å². The Morgan fingerprint density at radius 3 is 2.44 bits per heavy atom. The van der Waals surface area contributed by atoms with Gasteiger partial charge in [-0.25, -0.2) is 9.97 Å². The molecule has 4 nitrogen and oxygen atoms in total. The molecule has 2 aromatic heterocycles. The number of rotatable bonds is 6. The number of nitrogens with two attached hydrogens (primary N) is 1. The fourth-order valence-corrected chi connectivity index (χ4v) is 4.57. The van der Waals surface area contributed by atoms with Crippen LogP contribution < -0.4 is 10.6 Å². The van der Waals surface area contributed by atoms with Gasteiger partial charge in [-0.2, -0.15) is 0 Å². The Hall–Kier alpha value is -2.83. The minimum absolute atomic E-state index is 0.705. The van der Waals surface area contributed by atoms with Crippen molar-refractivity contribution in [2.24, 2.45) is 0 Å². The Morgan fingerprint density at radius 2 is 1.67 bits per heavy atom. The molecule has 6 heteroatoms. The van der Waals surface area contributed by atoms with Crippen molar-refractivity contribution < 1.29 is 0 Å². The van der Waals surface area contributed by atoms with Crippen molar-refractivity contribution in [1.82, 2.24) is 9.97 Å². The van der Waals surface area contributed by atoms with Gasteiger partial charge in [-0.1, -0.05) is 71.6 Å². The van der Waals surface area contributed by atoms with Gasteiger partial charge in [0.05, 0.1) is 28.3 Å².